The van der Waals surface area contributed by atoms with E-state index >= 15 is 0 Å². The molecule has 1 aromatic heterocycles. The van der Waals surface area contributed by atoms with Crippen molar-refractivity contribution in [1.82, 2.24) is 15.1 Å². The van der Waals surface area contributed by atoms with E-state index in [1.807, 2.05) is 47.4 Å². The minimum Gasteiger partial charge on any atom is -0.352 e. The van der Waals surface area contributed by atoms with Gasteiger partial charge in [-0.1, -0.05) is 24.6 Å². The topological polar surface area (TPSA) is 72.9 Å². The van der Waals surface area contributed by atoms with Crippen molar-refractivity contribution in [2.24, 2.45) is 23.5 Å². The van der Waals surface area contributed by atoms with Gasteiger partial charge in [-0.2, -0.15) is 5.10 Å². The second-order valence-corrected chi connectivity index (χ2v) is 7.54. The van der Waals surface area contributed by atoms with Gasteiger partial charge in [-0.05, 0) is 49.7 Å². The number of rotatable bonds is 4. The van der Waals surface area contributed by atoms with E-state index in [2.05, 4.69) is 10.4 Å². The van der Waals surface area contributed by atoms with Crippen LogP contribution in [0.15, 0.2) is 42.7 Å². The molecule has 1 heterocycles. The molecule has 2 aromatic rings. The zero-order valence-corrected chi connectivity index (χ0v) is 15.7. The first-order chi connectivity index (χ1) is 12.2. The predicted molar refractivity (Wildman–Crippen MR) is 104 cm³/mol. The smallest absolute Gasteiger partial charge is 0.223 e. The average molecular weight is 375 g/mol. The van der Waals surface area contributed by atoms with Crippen LogP contribution in [0.3, 0.4) is 0 Å². The van der Waals surface area contributed by atoms with Gasteiger partial charge in [-0.15, -0.1) is 12.4 Å². The first-order valence-corrected chi connectivity index (χ1v) is 9.33. The Hall–Kier alpha value is -1.85. The Balaban J connectivity index is 0.00000196. The van der Waals surface area contributed by atoms with Crippen LogP contribution < -0.4 is 11.1 Å². The van der Waals surface area contributed by atoms with Crippen molar-refractivity contribution < 1.29 is 4.79 Å². The van der Waals surface area contributed by atoms with Crippen LogP contribution in [0.5, 0.6) is 0 Å². The maximum absolute atomic E-state index is 12.6. The van der Waals surface area contributed by atoms with Gasteiger partial charge >= 0.3 is 0 Å². The van der Waals surface area contributed by atoms with Gasteiger partial charge in [-0.25, -0.2) is 4.68 Å². The summed E-state index contributed by atoms with van der Waals surface area (Å²) in [5.41, 5.74) is 8.37. The molecule has 6 heteroatoms. The summed E-state index contributed by atoms with van der Waals surface area (Å²) in [4.78, 5) is 12.6. The number of fused-ring (bicyclic) bond motifs is 2. The number of aromatic nitrogens is 2. The standard InChI is InChI=1S/C20H26N4O.ClH/c21-19-15-5-4-6-16(19)10-17(9-15)20(25)22-11-14-12-23-24(13-14)18-7-2-1-3-8-18;/h1-3,7-8,12-13,15-17,19H,4-6,9-11,21H2,(H,22,25);1H. The van der Waals surface area contributed by atoms with Crippen molar-refractivity contribution in [2.45, 2.75) is 44.7 Å². The van der Waals surface area contributed by atoms with Crippen molar-refractivity contribution in [3.63, 3.8) is 0 Å². The molecule has 2 atom stereocenters. The first-order valence-electron chi connectivity index (χ1n) is 9.33. The molecular formula is C20H27ClN4O. The minimum absolute atomic E-state index is 0. The molecule has 0 spiro atoms. The summed E-state index contributed by atoms with van der Waals surface area (Å²) < 4.78 is 1.84. The number of halogens is 1. The van der Waals surface area contributed by atoms with E-state index in [4.69, 9.17) is 5.73 Å². The third kappa shape index (κ3) is 3.94. The molecule has 2 aliphatic carbocycles. The first kappa shape index (κ1) is 18.9. The summed E-state index contributed by atoms with van der Waals surface area (Å²) >= 11 is 0. The Labute approximate surface area is 160 Å². The van der Waals surface area contributed by atoms with Crippen molar-refractivity contribution in [1.29, 1.82) is 0 Å². The molecule has 140 valence electrons. The molecule has 3 N–H and O–H groups in total. The highest BCUT2D eigenvalue weighted by Crippen LogP contribution is 2.41. The number of nitrogens with two attached hydrogens (primary N) is 1. The van der Waals surface area contributed by atoms with Gasteiger partial charge in [0.2, 0.25) is 5.91 Å². The van der Waals surface area contributed by atoms with Crippen LogP contribution in [0.4, 0.5) is 0 Å². The quantitative estimate of drug-likeness (QED) is 0.863. The number of hydrogen-bond donors (Lipinski definition) is 2. The molecule has 0 aliphatic heterocycles. The molecule has 4 rings (SSSR count). The highest BCUT2D eigenvalue weighted by atomic mass is 35.5. The number of amides is 1. The van der Waals surface area contributed by atoms with Crippen LogP contribution in [-0.2, 0) is 11.3 Å². The molecule has 2 aliphatic rings. The largest absolute Gasteiger partial charge is 0.352 e. The molecule has 2 saturated carbocycles. The fourth-order valence-electron chi connectivity index (χ4n) is 4.51. The maximum Gasteiger partial charge on any atom is 0.223 e. The van der Waals surface area contributed by atoms with Crippen molar-refractivity contribution in [2.75, 3.05) is 0 Å². The lowest BCUT2D eigenvalue weighted by atomic mass is 9.65. The fourth-order valence-corrected chi connectivity index (χ4v) is 4.51. The van der Waals surface area contributed by atoms with Gasteiger partial charge in [-0.3, -0.25) is 4.79 Å². The molecule has 2 bridgehead atoms. The second kappa shape index (κ2) is 8.23. The summed E-state index contributed by atoms with van der Waals surface area (Å²) in [5.74, 6) is 1.36. The van der Waals surface area contributed by atoms with Gasteiger partial charge in [0, 0.05) is 30.3 Å². The summed E-state index contributed by atoms with van der Waals surface area (Å²) in [6, 6.07) is 10.3. The highest BCUT2D eigenvalue weighted by Gasteiger charge is 2.40. The third-order valence-corrected chi connectivity index (χ3v) is 5.91. The van der Waals surface area contributed by atoms with Gasteiger partial charge in [0.05, 0.1) is 11.9 Å². The van der Waals surface area contributed by atoms with Gasteiger partial charge in [0.1, 0.15) is 0 Å². The SMILES string of the molecule is Cl.NC1C2CCCC1CC(C(=O)NCc1cnn(-c3ccccc3)c1)C2. The normalized spacial score (nSPS) is 27.4. The van der Waals surface area contributed by atoms with Crippen LogP contribution in [0.1, 0.15) is 37.7 Å². The van der Waals surface area contributed by atoms with Crippen molar-refractivity contribution in [3.8, 4) is 5.69 Å². The Morgan fingerprint density at radius 3 is 2.58 bits per heavy atom. The van der Waals surface area contributed by atoms with E-state index in [0.717, 1.165) is 24.1 Å². The van der Waals surface area contributed by atoms with E-state index in [-0.39, 0.29) is 24.2 Å². The van der Waals surface area contributed by atoms with Gasteiger partial charge in [0.15, 0.2) is 0 Å². The highest BCUT2D eigenvalue weighted by molar-refractivity contribution is 5.85. The molecule has 0 radical (unpaired) electrons. The van der Waals surface area contributed by atoms with Crippen molar-refractivity contribution in [3.05, 3.63) is 48.3 Å². The summed E-state index contributed by atoms with van der Waals surface area (Å²) in [5, 5.41) is 7.49. The Morgan fingerprint density at radius 1 is 1.19 bits per heavy atom. The number of carbonyl (C=O) groups is 1. The molecular weight excluding hydrogens is 348 g/mol. The third-order valence-electron chi connectivity index (χ3n) is 5.91. The Kier molecular flexibility index (Phi) is 5.99. The molecule has 1 aromatic carbocycles. The number of hydrogen-bond acceptors (Lipinski definition) is 3. The van der Waals surface area contributed by atoms with E-state index in [9.17, 15) is 4.79 Å². The van der Waals surface area contributed by atoms with Gasteiger partial charge in [0.25, 0.3) is 0 Å². The predicted octanol–water partition coefficient (Wildman–Crippen LogP) is 3.06. The number of nitrogens with one attached hydrogen (secondary N) is 1. The summed E-state index contributed by atoms with van der Waals surface area (Å²) in [7, 11) is 0. The number of carbonyl (C=O) groups excluding carboxylic acids is 1. The number of nitrogens with zero attached hydrogens (tertiary/aromatic N) is 2. The molecule has 0 saturated heterocycles. The lowest BCUT2D eigenvalue weighted by molar-refractivity contribution is -0.128. The van der Waals surface area contributed by atoms with Crippen LogP contribution >= 0.6 is 12.4 Å². The van der Waals surface area contributed by atoms with Crippen LogP contribution in [0.2, 0.25) is 0 Å². The van der Waals surface area contributed by atoms with E-state index in [1.54, 1.807) is 0 Å². The Bertz CT molecular complexity index is 718. The van der Waals surface area contributed by atoms with E-state index in [0.29, 0.717) is 24.4 Å². The maximum atomic E-state index is 12.6. The molecule has 2 unspecified atom stereocenters. The van der Waals surface area contributed by atoms with Gasteiger partial charge < -0.3 is 11.1 Å². The zero-order valence-electron chi connectivity index (χ0n) is 14.9. The van der Waals surface area contributed by atoms with E-state index < -0.39 is 0 Å². The Morgan fingerprint density at radius 2 is 1.88 bits per heavy atom. The number of benzene rings is 1. The average Bonchev–Trinajstić information content (AvgIpc) is 3.09. The van der Waals surface area contributed by atoms with Crippen molar-refractivity contribution >= 4 is 18.3 Å². The second-order valence-electron chi connectivity index (χ2n) is 7.54. The monoisotopic (exact) mass is 374 g/mol. The van der Waals surface area contributed by atoms with E-state index in [1.165, 1.54) is 19.3 Å². The molecule has 2 fully saturated rings. The zero-order chi connectivity index (χ0) is 17.2. The number of para-hydroxylation sites is 1. The van der Waals surface area contributed by atoms with Crippen LogP contribution in [-0.4, -0.2) is 21.7 Å². The molecule has 26 heavy (non-hydrogen) atoms. The lowest BCUT2D eigenvalue weighted by Gasteiger charge is -2.43. The van der Waals surface area contributed by atoms with Crippen LogP contribution in [0, 0.1) is 17.8 Å². The fraction of sp³-hybridized carbons (Fsp3) is 0.500. The lowest BCUT2D eigenvalue weighted by Crippen LogP contribution is -2.49. The summed E-state index contributed by atoms with van der Waals surface area (Å²) in [6.07, 6.45) is 9.34. The molecule has 5 nitrogen and oxygen atoms in total. The summed E-state index contributed by atoms with van der Waals surface area (Å²) in [6.45, 7) is 0.531. The van der Waals surface area contributed by atoms with Crippen LogP contribution in [0.25, 0.3) is 5.69 Å². The molecule has 1 amide bonds. The minimum atomic E-state index is 0.